The van der Waals surface area contributed by atoms with Crippen LogP contribution < -0.4 is 10.2 Å². The normalized spacial score (nSPS) is 18.0. The topological polar surface area (TPSA) is 113 Å². The van der Waals surface area contributed by atoms with E-state index in [1.165, 1.54) is 4.90 Å². The van der Waals surface area contributed by atoms with E-state index in [9.17, 15) is 9.90 Å². The summed E-state index contributed by atoms with van der Waals surface area (Å²) in [6.07, 6.45) is 2.38. The molecule has 1 amide bonds. The molecule has 0 bridgehead atoms. The Kier molecular flexibility index (Phi) is 5.84. The summed E-state index contributed by atoms with van der Waals surface area (Å²) in [5, 5.41) is 14.2. The van der Waals surface area contributed by atoms with Gasteiger partial charge in [0.05, 0.1) is 12.1 Å². The predicted octanol–water partition coefficient (Wildman–Crippen LogP) is 3.49. The number of aliphatic hydroxyl groups is 1. The largest absolute Gasteiger partial charge is 0.447 e. The van der Waals surface area contributed by atoms with Crippen LogP contribution in [0, 0.1) is 13.8 Å². The molecule has 2 N–H and O–H groups in total. The molecular weight excluding hydrogens is 416 g/mol. The van der Waals surface area contributed by atoms with Crippen molar-refractivity contribution in [1.82, 2.24) is 19.9 Å². The number of nitrogens with one attached hydrogen (secondary N) is 1. The second kappa shape index (κ2) is 8.56. The summed E-state index contributed by atoms with van der Waals surface area (Å²) in [6, 6.07) is 5.08. The van der Waals surface area contributed by atoms with Crippen LogP contribution in [-0.2, 0) is 4.74 Å². The number of hydrogen-bond donors (Lipinski definition) is 2. The Morgan fingerprint density at radius 3 is 2.71 bits per heavy atom. The van der Waals surface area contributed by atoms with E-state index < -0.39 is 18.2 Å². The zero-order chi connectivity index (χ0) is 22.1. The van der Waals surface area contributed by atoms with Gasteiger partial charge >= 0.3 is 6.09 Å². The molecule has 31 heavy (non-hydrogen) atoms. The molecule has 162 valence electrons. The molecule has 0 unspecified atom stereocenters. The molecule has 10 heteroatoms. The number of rotatable bonds is 6. The Morgan fingerprint density at radius 1 is 1.19 bits per heavy atom. The van der Waals surface area contributed by atoms with Gasteiger partial charge in [-0.05, 0) is 39.8 Å². The summed E-state index contributed by atoms with van der Waals surface area (Å²) in [7, 11) is 0. The van der Waals surface area contributed by atoms with Crippen molar-refractivity contribution in [2.75, 3.05) is 16.8 Å². The van der Waals surface area contributed by atoms with Gasteiger partial charge in [0.1, 0.15) is 23.5 Å². The van der Waals surface area contributed by atoms with Crippen molar-refractivity contribution >= 4 is 29.2 Å². The van der Waals surface area contributed by atoms with Crippen LogP contribution in [0.5, 0.6) is 0 Å². The molecule has 3 aromatic heterocycles. The van der Waals surface area contributed by atoms with Crippen LogP contribution in [0.25, 0.3) is 10.6 Å². The van der Waals surface area contributed by atoms with E-state index in [2.05, 4.69) is 25.3 Å². The van der Waals surface area contributed by atoms with Crippen molar-refractivity contribution in [3.05, 3.63) is 46.9 Å². The molecule has 1 saturated heterocycles. The maximum atomic E-state index is 12.2. The van der Waals surface area contributed by atoms with Gasteiger partial charge in [-0.1, -0.05) is 0 Å². The monoisotopic (exact) mass is 440 g/mol. The van der Waals surface area contributed by atoms with Crippen molar-refractivity contribution in [2.24, 2.45) is 0 Å². The summed E-state index contributed by atoms with van der Waals surface area (Å²) in [5.74, 6) is 0.782. The van der Waals surface area contributed by atoms with Gasteiger partial charge < -0.3 is 15.2 Å². The molecule has 1 fully saturated rings. The predicted molar refractivity (Wildman–Crippen MR) is 118 cm³/mol. The zero-order valence-corrected chi connectivity index (χ0v) is 18.6. The van der Waals surface area contributed by atoms with E-state index >= 15 is 0 Å². The summed E-state index contributed by atoms with van der Waals surface area (Å²) in [5.41, 5.74) is 2.63. The van der Waals surface area contributed by atoms with Crippen LogP contribution in [0.15, 0.2) is 30.6 Å². The van der Waals surface area contributed by atoms with E-state index in [0.717, 1.165) is 21.1 Å². The van der Waals surface area contributed by atoms with Crippen molar-refractivity contribution in [3.63, 3.8) is 0 Å². The van der Waals surface area contributed by atoms with Gasteiger partial charge in [0.15, 0.2) is 0 Å². The van der Waals surface area contributed by atoms with Gasteiger partial charge in [0.25, 0.3) is 0 Å². The molecule has 3 aromatic rings. The van der Waals surface area contributed by atoms with Gasteiger partial charge in [-0.3, -0.25) is 9.88 Å². The average Bonchev–Trinajstić information content (AvgIpc) is 3.35. The molecule has 0 aliphatic carbocycles. The number of cyclic esters (lactones) is 1. The fourth-order valence-corrected chi connectivity index (χ4v) is 4.18. The lowest BCUT2D eigenvalue weighted by Gasteiger charge is -2.23. The summed E-state index contributed by atoms with van der Waals surface area (Å²) >= 11 is 1.57. The molecule has 1 aliphatic heterocycles. The maximum absolute atomic E-state index is 12.2. The van der Waals surface area contributed by atoms with Crippen LogP contribution in [0.4, 0.5) is 16.6 Å². The summed E-state index contributed by atoms with van der Waals surface area (Å²) in [6.45, 7) is 7.52. The Labute approximate surface area is 184 Å². The minimum absolute atomic E-state index is 0.0996. The third kappa shape index (κ3) is 4.49. The molecular formula is C21H24N6O3S. The number of carbonyl (C=O) groups excluding carboxylic acids is 1. The number of amides is 1. The highest BCUT2D eigenvalue weighted by atomic mass is 32.1. The average molecular weight is 441 g/mol. The second-order valence-corrected chi connectivity index (χ2v) is 8.63. The lowest BCUT2D eigenvalue weighted by Crippen LogP contribution is -2.41. The van der Waals surface area contributed by atoms with Crippen LogP contribution in [0.3, 0.4) is 0 Å². The Balaban J connectivity index is 1.54. The summed E-state index contributed by atoms with van der Waals surface area (Å²) in [4.78, 5) is 32.4. The first-order chi connectivity index (χ1) is 14.8. The highest BCUT2D eigenvalue weighted by molar-refractivity contribution is 7.15. The zero-order valence-electron chi connectivity index (χ0n) is 17.7. The van der Waals surface area contributed by atoms with Crippen molar-refractivity contribution in [3.8, 4) is 10.6 Å². The van der Waals surface area contributed by atoms with E-state index in [1.54, 1.807) is 24.3 Å². The number of nitrogens with zero attached hydrogens (tertiary/aromatic N) is 5. The molecule has 0 radical (unpaired) electrons. The van der Waals surface area contributed by atoms with E-state index in [1.807, 2.05) is 45.3 Å². The number of pyridine rings is 1. The number of thiazole rings is 1. The second-order valence-electron chi connectivity index (χ2n) is 7.57. The smallest absolute Gasteiger partial charge is 0.416 e. The van der Waals surface area contributed by atoms with E-state index in [4.69, 9.17) is 4.74 Å². The fourth-order valence-electron chi connectivity index (χ4n) is 3.27. The molecule has 1 aliphatic rings. The molecule has 0 spiro atoms. The number of aryl methyl sites for hydroxylation is 2. The van der Waals surface area contributed by atoms with Gasteiger partial charge in [-0.25, -0.2) is 14.8 Å². The molecule has 4 rings (SSSR count). The van der Waals surface area contributed by atoms with Crippen molar-refractivity contribution in [2.45, 2.75) is 45.9 Å². The SMILES string of the molecule is Cc1ccc(-c2ncc([C@H](C)Nc3nc(C)cc(N4C(=O)OC[C@@H]4[C@@H](C)O)n3)s2)cn1. The van der Waals surface area contributed by atoms with Crippen LogP contribution in [0.2, 0.25) is 0 Å². The third-order valence-electron chi connectivity index (χ3n) is 5.00. The van der Waals surface area contributed by atoms with Crippen LogP contribution in [-0.4, -0.2) is 49.9 Å². The van der Waals surface area contributed by atoms with Gasteiger partial charge in [0.2, 0.25) is 5.95 Å². The molecule has 0 aromatic carbocycles. The first-order valence-corrected chi connectivity index (χ1v) is 10.8. The fraction of sp³-hybridized carbons (Fsp3) is 0.381. The quantitative estimate of drug-likeness (QED) is 0.599. The van der Waals surface area contributed by atoms with Crippen molar-refractivity contribution < 1.29 is 14.6 Å². The molecule has 3 atom stereocenters. The van der Waals surface area contributed by atoms with E-state index in [-0.39, 0.29) is 12.6 Å². The standard InChI is InChI=1S/C21H24N6O3S/c1-11-5-6-15(8-22-11)19-23-9-17(31-19)13(3)25-20-24-12(2)7-18(26-20)27-16(14(4)28)10-30-21(27)29/h5-9,13-14,16,28H,10H2,1-4H3,(H,24,25,26)/t13-,14+,16+/m0/s1. The number of anilines is 2. The first-order valence-electron chi connectivity index (χ1n) is 9.97. The van der Waals surface area contributed by atoms with Crippen LogP contribution >= 0.6 is 11.3 Å². The minimum atomic E-state index is -0.746. The Hall–Kier alpha value is -3.11. The number of hydrogen-bond acceptors (Lipinski definition) is 9. The summed E-state index contributed by atoms with van der Waals surface area (Å²) < 4.78 is 5.11. The van der Waals surface area contributed by atoms with Gasteiger partial charge in [-0.15, -0.1) is 11.3 Å². The highest BCUT2D eigenvalue weighted by Crippen LogP contribution is 2.30. The van der Waals surface area contributed by atoms with Crippen molar-refractivity contribution in [1.29, 1.82) is 0 Å². The molecule has 9 nitrogen and oxygen atoms in total. The number of aliphatic hydroxyl groups excluding tert-OH is 1. The van der Waals surface area contributed by atoms with Crippen LogP contribution in [0.1, 0.15) is 36.2 Å². The lowest BCUT2D eigenvalue weighted by molar-refractivity contribution is 0.142. The minimum Gasteiger partial charge on any atom is -0.447 e. The van der Waals surface area contributed by atoms with E-state index in [0.29, 0.717) is 17.5 Å². The third-order valence-corrected chi connectivity index (χ3v) is 6.23. The molecule has 0 saturated carbocycles. The molecule has 4 heterocycles. The van der Waals surface area contributed by atoms with Gasteiger partial charge in [0, 0.05) is 40.3 Å². The maximum Gasteiger partial charge on any atom is 0.416 e. The van der Waals surface area contributed by atoms with Gasteiger partial charge in [-0.2, -0.15) is 4.98 Å². The number of carbonyl (C=O) groups is 1. The first kappa shape index (κ1) is 21.1. The Bertz CT molecular complexity index is 1080. The number of aromatic nitrogens is 4. The number of ether oxygens (including phenoxy) is 1. The Morgan fingerprint density at radius 2 is 2.00 bits per heavy atom. The lowest BCUT2D eigenvalue weighted by atomic mass is 10.2. The highest BCUT2D eigenvalue weighted by Gasteiger charge is 2.38.